The van der Waals surface area contributed by atoms with E-state index in [1.54, 1.807) is 0 Å². The molecule has 108 valence electrons. The topological polar surface area (TPSA) is 20.3 Å². The molecule has 22 heavy (non-hydrogen) atoms. The molecule has 0 saturated carbocycles. The molecular weight excluding hydrogens is 270 g/mol. The molecule has 0 atom stereocenters. The van der Waals surface area contributed by atoms with Crippen LogP contribution in [0, 0.1) is 6.92 Å². The van der Waals surface area contributed by atoms with Crippen LogP contribution in [0.1, 0.15) is 15.9 Å². The Hall–Kier alpha value is -2.87. The van der Waals surface area contributed by atoms with E-state index in [4.69, 9.17) is 0 Å². The summed E-state index contributed by atoms with van der Waals surface area (Å²) in [4.78, 5) is 13.3. The number of aryl methyl sites for hydroxylation is 1. The summed E-state index contributed by atoms with van der Waals surface area (Å²) < 4.78 is 0. The number of carbonyl (C=O) groups is 1. The molecule has 0 heterocycles. The summed E-state index contributed by atoms with van der Waals surface area (Å²) in [6.07, 6.45) is 0.894. The molecule has 0 saturated heterocycles. The molecule has 2 heteroatoms. The lowest BCUT2D eigenvalue weighted by atomic mass is 10.1. The smallest absolute Gasteiger partial charge is 0.150 e. The Bertz CT molecular complexity index is 727. The van der Waals surface area contributed by atoms with E-state index in [0.29, 0.717) is 5.56 Å². The number of nitrogens with zero attached hydrogens (tertiary/aromatic N) is 1. The number of hydrogen-bond donors (Lipinski definition) is 0. The van der Waals surface area contributed by atoms with Crippen molar-refractivity contribution in [2.24, 2.45) is 0 Å². The molecule has 3 aromatic carbocycles. The van der Waals surface area contributed by atoms with Gasteiger partial charge in [0.05, 0.1) is 0 Å². The van der Waals surface area contributed by atoms with Crippen molar-refractivity contribution >= 4 is 23.3 Å². The molecule has 3 aromatic rings. The summed E-state index contributed by atoms with van der Waals surface area (Å²) in [6.45, 7) is 2.00. The van der Waals surface area contributed by atoms with Gasteiger partial charge in [-0.3, -0.25) is 4.79 Å². The van der Waals surface area contributed by atoms with Gasteiger partial charge in [-0.05, 0) is 55.0 Å². The number of hydrogen-bond acceptors (Lipinski definition) is 2. The fourth-order valence-electron chi connectivity index (χ4n) is 2.59. The highest BCUT2D eigenvalue weighted by Gasteiger charge is 2.12. The van der Waals surface area contributed by atoms with Gasteiger partial charge in [0.15, 0.2) is 0 Å². The molecule has 0 spiro atoms. The maximum absolute atomic E-state index is 11.2. The second kappa shape index (κ2) is 6.27. The lowest BCUT2D eigenvalue weighted by Gasteiger charge is -2.26. The molecular formula is C20H17NO. The van der Waals surface area contributed by atoms with Crippen molar-refractivity contribution in [3.8, 4) is 0 Å². The van der Waals surface area contributed by atoms with Crippen LogP contribution < -0.4 is 4.90 Å². The lowest BCUT2D eigenvalue weighted by Crippen LogP contribution is -2.10. The van der Waals surface area contributed by atoms with Crippen molar-refractivity contribution in [3.63, 3.8) is 0 Å². The van der Waals surface area contributed by atoms with Crippen LogP contribution in [0.2, 0.25) is 0 Å². The SMILES string of the molecule is Cc1cc(C=O)cc(N(c2ccccc2)c2ccccc2)c1. The maximum atomic E-state index is 11.2. The average molecular weight is 287 g/mol. The van der Waals surface area contributed by atoms with E-state index in [2.05, 4.69) is 35.2 Å². The van der Waals surface area contributed by atoms with Crippen LogP contribution in [-0.4, -0.2) is 6.29 Å². The van der Waals surface area contributed by atoms with E-state index >= 15 is 0 Å². The first-order valence-electron chi connectivity index (χ1n) is 7.25. The van der Waals surface area contributed by atoms with Crippen molar-refractivity contribution in [1.29, 1.82) is 0 Å². The Labute approximate surface area is 130 Å². The Kier molecular flexibility index (Phi) is 4.01. The van der Waals surface area contributed by atoms with Crippen molar-refractivity contribution in [2.75, 3.05) is 4.90 Å². The molecule has 0 fully saturated rings. The first-order chi connectivity index (χ1) is 10.8. The summed E-state index contributed by atoms with van der Waals surface area (Å²) in [5, 5.41) is 0. The molecule has 3 rings (SSSR count). The summed E-state index contributed by atoms with van der Waals surface area (Å²) >= 11 is 0. The average Bonchev–Trinajstić information content (AvgIpc) is 2.56. The van der Waals surface area contributed by atoms with Gasteiger partial charge in [-0.15, -0.1) is 0 Å². The summed E-state index contributed by atoms with van der Waals surface area (Å²) in [7, 11) is 0. The number of para-hydroxylation sites is 2. The standard InChI is InChI=1S/C20H17NO/c1-16-12-17(15-22)14-20(13-16)21(18-8-4-2-5-9-18)19-10-6-3-7-11-19/h2-15H,1H3. The first kappa shape index (κ1) is 14.1. The van der Waals surface area contributed by atoms with Gasteiger partial charge in [-0.1, -0.05) is 36.4 Å². The van der Waals surface area contributed by atoms with E-state index < -0.39 is 0 Å². The lowest BCUT2D eigenvalue weighted by molar-refractivity contribution is 0.112. The summed E-state index contributed by atoms with van der Waals surface area (Å²) in [5.74, 6) is 0. The molecule has 0 aliphatic heterocycles. The summed E-state index contributed by atoms with van der Waals surface area (Å²) in [5.41, 5.74) is 4.87. The number of carbonyl (C=O) groups excluding carboxylic acids is 1. The molecule has 0 aromatic heterocycles. The van der Waals surface area contributed by atoms with Crippen LogP contribution in [0.15, 0.2) is 78.9 Å². The zero-order chi connectivity index (χ0) is 15.4. The maximum Gasteiger partial charge on any atom is 0.150 e. The first-order valence-corrected chi connectivity index (χ1v) is 7.25. The van der Waals surface area contributed by atoms with Crippen molar-refractivity contribution in [2.45, 2.75) is 6.92 Å². The largest absolute Gasteiger partial charge is 0.310 e. The Balaban J connectivity index is 2.18. The zero-order valence-corrected chi connectivity index (χ0v) is 12.4. The van der Waals surface area contributed by atoms with Gasteiger partial charge in [-0.2, -0.15) is 0 Å². The van der Waals surface area contributed by atoms with Crippen molar-refractivity contribution in [1.82, 2.24) is 0 Å². The summed E-state index contributed by atoms with van der Waals surface area (Å²) in [6, 6.07) is 26.2. The highest BCUT2D eigenvalue weighted by atomic mass is 16.1. The minimum absolute atomic E-state index is 0.687. The van der Waals surface area contributed by atoms with E-state index in [1.807, 2.05) is 55.5 Å². The van der Waals surface area contributed by atoms with Gasteiger partial charge in [0, 0.05) is 22.6 Å². The molecule has 0 aliphatic rings. The van der Waals surface area contributed by atoms with E-state index in [9.17, 15) is 4.79 Å². The molecule has 2 nitrogen and oxygen atoms in total. The van der Waals surface area contributed by atoms with Crippen molar-refractivity contribution < 1.29 is 4.79 Å². The predicted molar refractivity (Wildman–Crippen MR) is 91.2 cm³/mol. The van der Waals surface area contributed by atoms with Gasteiger partial charge >= 0.3 is 0 Å². The Morgan fingerprint density at radius 1 is 0.727 bits per heavy atom. The third-order valence-electron chi connectivity index (χ3n) is 3.51. The van der Waals surface area contributed by atoms with Crippen LogP contribution in [0.5, 0.6) is 0 Å². The molecule has 0 radical (unpaired) electrons. The van der Waals surface area contributed by atoms with Crippen molar-refractivity contribution in [3.05, 3.63) is 90.0 Å². The predicted octanol–water partition coefficient (Wildman–Crippen LogP) is 5.28. The molecule has 0 aliphatic carbocycles. The third kappa shape index (κ3) is 2.91. The van der Waals surface area contributed by atoms with Gasteiger partial charge in [-0.25, -0.2) is 0 Å². The second-order valence-corrected chi connectivity index (χ2v) is 5.23. The van der Waals surface area contributed by atoms with Crippen LogP contribution in [0.4, 0.5) is 17.1 Å². The quantitative estimate of drug-likeness (QED) is 0.609. The highest BCUT2D eigenvalue weighted by molar-refractivity contribution is 5.82. The normalized spacial score (nSPS) is 10.2. The molecule has 0 amide bonds. The highest BCUT2D eigenvalue weighted by Crippen LogP contribution is 2.34. The Morgan fingerprint density at radius 3 is 1.77 bits per heavy atom. The number of aldehydes is 1. The molecule has 0 unspecified atom stereocenters. The number of benzene rings is 3. The van der Waals surface area contributed by atoms with Crippen LogP contribution >= 0.6 is 0 Å². The van der Waals surface area contributed by atoms with Gasteiger partial charge in [0.1, 0.15) is 6.29 Å². The zero-order valence-electron chi connectivity index (χ0n) is 12.4. The van der Waals surface area contributed by atoms with Gasteiger partial charge in [0.2, 0.25) is 0 Å². The fraction of sp³-hybridized carbons (Fsp3) is 0.0500. The molecule has 0 bridgehead atoms. The van der Waals surface area contributed by atoms with E-state index in [1.165, 1.54) is 0 Å². The monoisotopic (exact) mass is 287 g/mol. The van der Waals surface area contributed by atoms with Crippen LogP contribution in [0.3, 0.4) is 0 Å². The minimum atomic E-state index is 0.687. The second-order valence-electron chi connectivity index (χ2n) is 5.23. The van der Waals surface area contributed by atoms with Crippen LogP contribution in [0.25, 0.3) is 0 Å². The van der Waals surface area contributed by atoms with Gasteiger partial charge < -0.3 is 4.90 Å². The number of anilines is 3. The minimum Gasteiger partial charge on any atom is -0.310 e. The molecule has 0 N–H and O–H groups in total. The van der Waals surface area contributed by atoms with E-state index in [0.717, 1.165) is 28.9 Å². The fourth-order valence-corrected chi connectivity index (χ4v) is 2.59. The Morgan fingerprint density at radius 2 is 1.27 bits per heavy atom. The van der Waals surface area contributed by atoms with E-state index in [-0.39, 0.29) is 0 Å². The van der Waals surface area contributed by atoms with Crippen LogP contribution in [-0.2, 0) is 0 Å². The third-order valence-corrected chi connectivity index (χ3v) is 3.51. The number of rotatable bonds is 4. The van der Waals surface area contributed by atoms with Gasteiger partial charge in [0.25, 0.3) is 0 Å².